The quantitative estimate of drug-likeness (QED) is 0.782. The SMILES string of the molecule is O=C(N[C@@H]1CN(c2ncccn2)C[C@H]1CO)C1CC=CC1. The number of nitrogens with one attached hydrogen (secondary N) is 1. The lowest BCUT2D eigenvalue weighted by Crippen LogP contribution is -2.44. The number of aromatic nitrogens is 2. The maximum Gasteiger partial charge on any atom is 0.225 e. The number of hydrogen-bond acceptors (Lipinski definition) is 5. The van der Waals surface area contributed by atoms with E-state index in [2.05, 4.69) is 15.3 Å². The van der Waals surface area contributed by atoms with E-state index in [0.717, 1.165) is 12.8 Å². The average Bonchev–Trinajstić information content (AvgIpc) is 3.17. The van der Waals surface area contributed by atoms with Crippen LogP contribution < -0.4 is 10.2 Å². The van der Waals surface area contributed by atoms with Crippen molar-refractivity contribution >= 4 is 11.9 Å². The highest BCUT2D eigenvalue weighted by molar-refractivity contribution is 5.80. The van der Waals surface area contributed by atoms with Gasteiger partial charge in [-0.05, 0) is 18.9 Å². The maximum atomic E-state index is 12.2. The second kappa shape index (κ2) is 6.22. The first kappa shape index (κ1) is 14.0. The predicted molar refractivity (Wildman–Crippen MR) is 78.6 cm³/mol. The second-order valence-electron chi connectivity index (χ2n) is 5.65. The van der Waals surface area contributed by atoms with Crippen molar-refractivity contribution in [3.8, 4) is 0 Å². The van der Waals surface area contributed by atoms with Gasteiger partial charge in [0.05, 0.1) is 6.04 Å². The largest absolute Gasteiger partial charge is 0.396 e. The molecule has 2 N–H and O–H groups in total. The first-order valence-electron chi connectivity index (χ1n) is 7.36. The number of rotatable bonds is 4. The number of aliphatic hydroxyl groups is 1. The molecule has 0 spiro atoms. The number of carbonyl (C=O) groups is 1. The van der Waals surface area contributed by atoms with Gasteiger partial charge in [0, 0.05) is 43.9 Å². The molecule has 2 heterocycles. The Bertz CT molecular complexity index is 512. The summed E-state index contributed by atoms with van der Waals surface area (Å²) in [6.07, 6.45) is 9.12. The Labute approximate surface area is 123 Å². The summed E-state index contributed by atoms with van der Waals surface area (Å²) in [5, 5.41) is 12.6. The van der Waals surface area contributed by atoms with Gasteiger partial charge in [0.1, 0.15) is 0 Å². The molecule has 0 aromatic carbocycles. The van der Waals surface area contributed by atoms with E-state index < -0.39 is 0 Å². The summed E-state index contributed by atoms with van der Waals surface area (Å²) in [5.41, 5.74) is 0. The van der Waals surface area contributed by atoms with Crippen LogP contribution in [0.5, 0.6) is 0 Å². The summed E-state index contributed by atoms with van der Waals surface area (Å²) >= 11 is 0. The van der Waals surface area contributed by atoms with Gasteiger partial charge in [0.25, 0.3) is 0 Å². The van der Waals surface area contributed by atoms with Gasteiger partial charge in [-0.25, -0.2) is 9.97 Å². The summed E-state index contributed by atoms with van der Waals surface area (Å²) in [5.74, 6) is 0.799. The van der Waals surface area contributed by atoms with Gasteiger partial charge in [-0.1, -0.05) is 12.2 Å². The van der Waals surface area contributed by atoms with Crippen LogP contribution in [0.15, 0.2) is 30.6 Å². The zero-order valence-electron chi connectivity index (χ0n) is 11.9. The molecule has 2 atom stereocenters. The summed E-state index contributed by atoms with van der Waals surface area (Å²) in [6.45, 7) is 1.35. The van der Waals surface area contributed by atoms with Crippen LogP contribution in [0.1, 0.15) is 12.8 Å². The van der Waals surface area contributed by atoms with Crippen LogP contribution in [-0.2, 0) is 4.79 Å². The van der Waals surface area contributed by atoms with E-state index in [1.807, 2.05) is 17.1 Å². The molecule has 1 aliphatic heterocycles. The van der Waals surface area contributed by atoms with Crippen LogP contribution in [0, 0.1) is 11.8 Å². The van der Waals surface area contributed by atoms with E-state index in [-0.39, 0.29) is 30.4 Å². The Morgan fingerprint density at radius 2 is 2.00 bits per heavy atom. The number of amides is 1. The molecule has 2 aliphatic rings. The van der Waals surface area contributed by atoms with Crippen molar-refractivity contribution in [3.63, 3.8) is 0 Å². The van der Waals surface area contributed by atoms with Crippen molar-refractivity contribution in [2.75, 3.05) is 24.6 Å². The zero-order valence-corrected chi connectivity index (χ0v) is 11.9. The molecule has 0 unspecified atom stereocenters. The van der Waals surface area contributed by atoms with E-state index in [1.54, 1.807) is 18.5 Å². The van der Waals surface area contributed by atoms with Crippen LogP contribution in [0.3, 0.4) is 0 Å². The van der Waals surface area contributed by atoms with Gasteiger partial charge in [-0.3, -0.25) is 4.79 Å². The van der Waals surface area contributed by atoms with Crippen LogP contribution in [0.2, 0.25) is 0 Å². The van der Waals surface area contributed by atoms with Gasteiger partial charge in [-0.15, -0.1) is 0 Å². The molecule has 0 saturated carbocycles. The van der Waals surface area contributed by atoms with Crippen molar-refractivity contribution in [2.45, 2.75) is 18.9 Å². The lowest BCUT2D eigenvalue weighted by atomic mass is 10.0. The lowest BCUT2D eigenvalue weighted by molar-refractivity contribution is -0.125. The van der Waals surface area contributed by atoms with Crippen LogP contribution in [0.25, 0.3) is 0 Å². The van der Waals surface area contributed by atoms with Gasteiger partial charge < -0.3 is 15.3 Å². The van der Waals surface area contributed by atoms with Crippen molar-refractivity contribution in [1.82, 2.24) is 15.3 Å². The van der Waals surface area contributed by atoms with E-state index in [0.29, 0.717) is 19.0 Å². The fourth-order valence-corrected chi connectivity index (χ4v) is 2.97. The van der Waals surface area contributed by atoms with Crippen molar-refractivity contribution in [1.29, 1.82) is 0 Å². The molecule has 112 valence electrons. The highest BCUT2D eigenvalue weighted by atomic mass is 16.3. The van der Waals surface area contributed by atoms with Gasteiger partial charge in [-0.2, -0.15) is 0 Å². The first-order chi connectivity index (χ1) is 10.3. The molecule has 0 bridgehead atoms. The van der Waals surface area contributed by atoms with Crippen molar-refractivity contribution < 1.29 is 9.90 Å². The molecule has 21 heavy (non-hydrogen) atoms. The molecular formula is C15H20N4O2. The Kier molecular flexibility index (Phi) is 4.15. The molecular weight excluding hydrogens is 268 g/mol. The number of hydrogen-bond donors (Lipinski definition) is 2. The van der Waals surface area contributed by atoms with Crippen LogP contribution >= 0.6 is 0 Å². The standard InChI is InChI=1S/C15H20N4O2/c20-10-12-8-19(15-16-6-3-7-17-15)9-13(12)18-14(21)11-4-1-2-5-11/h1-3,6-7,11-13,20H,4-5,8-10H2,(H,18,21)/t12-,13+/m0/s1. The number of anilines is 1. The van der Waals surface area contributed by atoms with Gasteiger partial charge >= 0.3 is 0 Å². The number of allylic oxidation sites excluding steroid dienone is 2. The first-order valence-corrected chi connectivity index (χ1v) is 7.36. The average molecular weight is 288 g/mol. The molecule has 1 aromatic rings. The Morgan fingerprint density at radius 3 is 2.67 bits per heavy atom. The highest BCUT2D eigenvalue weighted by Gasteiger charge is 2.35. The molecule has 1 aliphatic carbocycles. The number of nitrogens with zero attached hydrogens (tertiary/aromatic N) is 3. The summed E-state index contributed by atoms with van der Waals surface area (Å²) < 4.78 is 0. The minimum Gasteiger partial charge on any atom is -0.396 e. The maximum absolute atomic E-state index is 12.2. The lowest BCUT2D eigenvalue weighted by Gasteiger charge is -2.20. The molecule has 1 aromatic heterocycles. The molecule has 1 saturated heterocycles. The fourth-order valence-electron chi connectivity index (χ4n) is 2.97. The van der Waals surface area contributed by atoms with Crippen LogP contribution in [-0.4, -0.2) is 46.7 Å². The Morgan fingerprint density at radius 1 is 1.29 bits per heavy atom. The smallest absolute Gasteiger partial charge is 0.225 e. The zero-order chi connectivity index (χ0) is 14.7. The van der Waals surface area contributed by atoms with E-state index in [4.69, 9.17) is 0 Å². The number of aliphatic hydroxyl groups excluding tert-OH is 1. The Hall–Kier alpha value is -1.95. The van der Waals surface area contributed by atoms with Gasteiger partial charge in [0.2, 0.25) is 11.9 Å². The van der Waals surface area contributed by atoms with Crippen molar-refractivity contribution in [2.24, 2.45) is 11.8 Å². The fraction of sp³-hybridized carbons (Fsp3) is 0.533. The topological polar surface area (TPSA) is 78.4 Å². The second-order valence-corrected chi connectivity index (χ2v) is 5.65. The minimum absolute atomic E-state index is 0.0205. The predicted octanol–water partition coefficient (Wildman–Crippen LogP) is 0.356. The summed E-state index contributed by atoms with van der Waals surface area (Å²) in [6, 6.07) is 1.72. The summed E-state index contributed by atoms with van der Waals surface area (Å²) in [4.78, 5) is 22.7. The van der Waals surface area contributed by atoms with E-state index >= 15 is 0 Å². The molecule has 3 rings (SSSR count). The summed E-state index contributed by atoms with van der Waals surface area (Å²) in [7, 11) is 0. The monoisotopic (exact) mass is 288 g/mol. The molecule has 6 heteroatoms. The molecule has 1 fully saturated rings. The third kappa shape index (κ3) is 3.05. The third-order valence-electron chi connectivity index (χ3n) is 4.22. The van der Waals surface area contributed by atoms with Gasteiger partial charge in [0.15, 0.2) is 0 Å². The molecule has 6 nitrogen and oxygen atoms in total. The van der Waals surface area contributed by atoms with Crippen LogP contribution in [0.4, 0.5) is 5.95 Å². The molecule has 0 radical (unpaired) electrons. The van der Waals surface area contributed by atoms with E-state index in [1.165, 1.54) is 0 Å². The van der Waals surface area contributed by atoms with E-state index in [9.17, 15) is 9.90 Å². The minimum atomic E-state index is -0.0492. The molecule has 1 amide bonds. The Balaban J connectivity index is 1.63. The normalized spacial score (nSPS) is 25.5. The third-order valence-corrected chi connectivity index (χ3v) is 4.22. The number of carbonyl (C=O) groups excluding carboxylic acids is 1. The van der Waals surface area contributed by atoms with Crippen molar-refractivity contribution in [3.05, 3.63) is 30.6 Å². The highest BCUT2D eigenvalue weighted by Crippen LogP contribution is 2.23.